The fourth-order valence-electron chi connectivity index (χ4n) is 7.41. The van der Waals surface area contributed by atoms with Crippen molar-refractivity contribution in [1.29, 1.82) is 0 Å². The summed E-state index contributed by atoms with van der Waals surface area (Å²) in [5.74, 6) is -0.999. The maximum absolute atomic E-state index is 13.9. The Labute approximate surface area is 304 Å². The second-order valence-electron chi connectivity index (χ2n) is 12.9. The highest BCUT2D eigenvalue weighted by Gasteiger charge is 2.44. The van der Waals surface area contributed by atoms with Crippen LogP contribution in [-0.4, -0.2) is 77.6 Å². The number of pyridine rings is 1. The summed E-state index contributed by atoms with van der Waals surface area (Å²) in [6.07, 6.45) is 16.2. The highest BCUT2D eigenvalue weighted by atomic mass is 16.5. The van der Waals surface area contributed by atoms with Gasteiger partial charge in [0.05, 0.1) is 35.9 Å². The SMILES string of the molecule is C=O.CC.CCC.COC.COC(=O)c1ccc(CNC(=O)c2nc3ccccc3n(C3CC4CCC(C3)N4C3CCCCCCC3)c2=O)nc1. The third kappa shape index (κ3) is 11.8. The third-order valence-electron chi connectivity index (χ3n) is 9.31. The summed E-state index contributed by atoms with van der Waals surface area (Å²) >= 11 is 0. The molecule has 2 saturated heterocycles. The van der Waals surface area contributed by atoms with E-state index in [2.05, 4.69) is 38.8 Å². The van der Waals surface area contributed by atoms with E-state index in [9.17, 15) is 14.4 Å². The van der Waals surface area contributed by atoms with Crippen molar-refractivity contribution < 1.29 is 23.9 Å². The van der Waals surface area contributed by atoms with E-state index in [0.717, 1.165) is 18.4 Å². The first-order valence-corrected chi connectivity index (χ1v) is 18.7. The molecule has 11 heteroatoms. The number of esters is 1. The second-order valence-corrected chi connectivity index (χ2v) is 12.9. The standard InChI is InChI=1S/C32H39N5O4.C3H8.C2H6O.C2H6.CH2O/c1-41-32(40)21-13-14-22(33-19-21)20-34-30(38)29-31(39)37(28-12-8-7-11-27(28)35-29)26-17-24-15-16-25(18-26)36(24)23-9-5-3-2-4-6-10-23;2*1-3-2;2*1-2/h7-8,11-14,19,23-26H,2-6,9-10,15-18,20H2,1H3,(H,34,38);3H2,1-2H3;1-2H3;1-2H3;1H2. The molecule has 1 aliphatic carbocycles. The number of rotatable bonds is 6. The molecule has 4 heterocycles. The van der Waals surface area contributed by atoms with Crippen molar-refractivity contribution in [2.24, 2.45) is 0 Å². The number of nitrogens with one attached hydrogen (secondary N) is 1. The van der Waals surface area contributed by atoms with Gasteiger partial charge >= 0.3 is 5.97 Å². The van der Waals surface area contributed by atoms with Gasteiger partial charge < -0.3 is 24.2 Å². The molecule has 3 aliphatic rings. The van der Waals surface area contributed by atoms with Gasteiger partial charge in [-0.2, -0.15) is 0 Å². The Bertz CT molecular complexity index is 1500. The Balaban J connectivity index is 0.000000819. The van der Waals surface area contributed by atoms with Crippen molar-refractivity contribution in [3.05, 3.63) is 69.9 Å². The van der Waals surface area contributed by atoms with Crippen molar-refractivity contribution in [2.45, 2.75) is 135 Å². The molecule has 1 amide bonds. The molecule has 3 fully saturated rings. The van der Waals surface area contributed by atoms with Crippen molar-refractivity contribution in [1.82, 2.24) is 24.8 Å². The van der Waals surface area contributed by atoms with E-state index in [4.69, 9.17) is 9.53 Å². The van der Waals surface area contributed by atoms with Gasteiger partial charge in [-0.25, -0.2) is 9.78 Å². The number of aromatic nitrogens is 3. The summed E-state index contributed by atoms with van der Waals surface area (Å²) in [6.45, 7) is 10.4. The minimum atomic E-state index is -0.525. The maximum Gasteiger partial charge on any atom is 0.339 e. The van der Waals surface area contributed by atoms with Gasteiger partial charge in [0.25, 0.3) is 11.5 Å². The fourth-order valence-corrected chi connectivity index (χ4v) is 7.41. The van der Waals surface area contributed by atoms with Crippen LogP contribution in [0.15, 0.2) is 47.4 Å². The van der Waals surface area contributed by atoms with Crippen LogP contribution >= 0.6 is 0 Å². The monoisotopic (exact) mass is 707 g/mol. The fraction of sp³-hybridized carbons (Fsp3) is 0.600. The Hall–Kier alpha value is -3.96. The van der Waals surface area contributed by atoms with E-state index in [1.54, 1.807) is 26.4 Å². The van der Waals surface area contributed by atoms with Crippen LogP contribution in [0.25, 0.3) is 11.0 Å². The number of amides is 1. The smallest absolute Gasteiger partial charge is 0.339 e. The Morgan fingerprint density at radius 2 is 1.41 bits per heavy atom. The molecule has 1 N–H and O–H groups in total. The van der Waals surface area contributed by atoms with Gasteiger partial charge in [-0.05, 0) is 62.8 Å². The Morgan fingerprint density at radius 3 is 1.96 bits per heavy atom. The highest BCUT2D eigenvalue weighted by molar-refractivity contribution is 5.94. The average Bonchev–Trinajstić information content (AvgIpc) is 3.40. The van der Waals surface area contributed by atoms with E-state index >= 15 is 0 Å². The number of methoxy groups -OCH3 is 2. The molecule has 1 saturated carbocycles. The number of ether oxygens (including phenoxy) is 2. The lowest BCUT2D eigenvalue weighted by Gasteiger charge is -2.45. The summed E-state index contributed by atoms with van der Waals surface area (Å²) < 4.78 is 10.8. The van der Waals surface area contributed by atoms with Gasteiger partial charge in [0, 0.05) is 44.6 Å². The summed E-state index contributed by atoms with van der Waals surface area (Å²) in [4.78, 5) is 58.5. The van der Waals surface area contributed by atoms with Crippen molar-refractivity contribution in [3.8, 4) is 0 Å². The quantitative estimate of drug-likeness (QED) is 0.262. The molecule has 11 nitrogen and oxygen atoms in total. The summed E-state index contributed by atoms with van der Waals surface area (Å²) in [7, 11) is 4.56. The molecule has 1 aromatic carbocycles. The van der Waals surface area contributed by atoms with Gasteiger partial charge in [-0.1, -0.05) is 78.4 Å². The number of carbonyl (C=O) groups excluding carboxylic acids is 3. The van der Waals surface area contributed by atoms with Gasteiger partial charge in [-0.3, -0.25) is 19.5 Å². The molecule has 282 valence electrons. The van der Waals surface area contributed by atoms with Gasteiger partial charge in [0.15, 0.2) is 5.69 Å². The first-order chi connectivity index (χ1) is 24.9. The normalized spacial score (nSPS) is 19.9. The van der Waals surface area contributed by atoms with Crippen molar-refractivity contribution >= 4 is 29.7 Å². The van der Waals surface area contributed by atoms with Crippen molar-refractivity contribution in [3.63, 3.8) is 0 Å². The number of carbonyl (C=O) groups is 3. The highest BCUT2D eigenvalue weighted by Crippen LogP contribution is 2.44. The number of para-hydroxylation sites is 2. The molecule has 2 atom stereocenters. The van der Waals surface area contributed by atoms with Crippen LogP contribution < -0.4 is 10.9 Å². The largest absolute Gasteiger partial charge is 0.465 e. The molecule has 2 bridgehead atoms. The summed E-state index contributed by atoms with van der Waals surface area (Å²) in [6, 6.07) is 12.6. The predicted molar refractivity (Wildman–Crippen MR) is 203 cm³/mol. The lowest BCUT2D eigenvalue weighted by Crippen LogP contribution is -2.50. The lowest BCUT2D eigenvalue weighted by molar-refractivity contribution is -0.0980. The zero-order chi connectivity index (χ0) is 37.8. The van der Waals surface area contributed by atoms with Gasteiger partial charge in [-0.15, -0.1) is 0 Å². The summed E-state index contributed by atoms with van der Waals surface area (Å²) in [5, 5.41) is 2.80. The van der Waals surface area contributed by atoms with Crippen molar-refractivity contribution in [2.75, 3.05) is 21.3 Å². The topological polar surface area (TPSA) is 133 Å². The zero-order valence-electron chi connectivity index (χ0n) is 32.0. The van der Waals surface area contributed by atoms with Gasteiger partial charge in [0.1, 0.15) is 6.79 Å². The minimum Gasteiger partial charge on any atom is -0.465 e. The van der Waals surface area contributed by atoms with Crippen LogP contribution in [0.3, 0.4) is 0 Å². The maximum atomic E-state index is 13.9. The number of hydrogen-bond donors (Lipinski definition) is 1. The molecule has 0 radical (unpaired) electrons. The van der Waals surface area contributed by atoms with Crippen LogP contribution in [0, 0.1) is 0 Å². The molecule has 2 aromatic heterocycles. The van der Waals surface area contributed by atoms with Gasteiger partial charge in [0.2, 0.25) is 0 Å². The summed E-state index contributed by atoms with van der Waals surface area (Å²) in [5.41, 5.74) is 1.90. The molecule has 2 aliphatic heterocycles. The average molecular weight is 708 g/mol. The second kappa shape index (κ2) is 23.5. The number of piperidine rings is 1. The van der Waals surface area contributed by atoms with E-state index in [1.165, 1.54) is 77.5 Å². The number of fused-ring (bicyclic) bond motifs is 3. The molecular formula is C40H61N5O6. The van der Waals surface area contributed by atoms with Crippen LogP contribution in [0.4, 0.5) is 0 Å². The lowest BCUT2D eigenvalue weighted by atomic mass is 9.89. The molecule has 0 spiro atoms. The third-order valence-corrected chi connectivity index (χ3v) is 9.31. The van der Waals surface area contributed by atoms with Crippen LogP contribution in [0.5, 0.6) is 0 Å². The molecular weight excluding hydrogens is 646 g/mol. The minimum absolute atomic E-state index is 0.0387. The number of hydrogen-bond acceptors (Lipinski definition) is 9. The first-order valence-electron chi connectivity index (χ1n) is 18.7. The molecule has 6 rings (SSSR count). The van der Waals surface area contributed by atoms with E-state index in [-0.39, 0.29) is 23.8 Å². The number of benzene rings is 1. The predicted octanol–water partition coefficient (Wildman–Crippen LogP) is 7.31. The Kier molecular flexibility index (Phi) is 19.9. The zero-order valence-corrected chi connectivity index (χ0v) is 32.0. The van der Waals surface area contributed by atoms with E-state index in [0.29, 0.717) is 34.9 Å². The van der Waals surface area contributed by atoms with Crippen LogP contribution in [-0.2, 0) is 20.8 Å². The van der Waals surface area contributed by atoms with Crippen LogP contribution in [0.1, 0.15) is 137 Å². The molecule has 3 aromatic rings. The van der Waals surface area contributed by atoms with E-state index < -0.39 is 11.9 Å². The molecule has 2 unspecified atom stereocenters. The van der Waals surface area contributed by atoms with E-state index in [1.807, 2.05) is 49.5 Å². The Morgan fingerprint density at radius 1 is 0.843 bits per heavy atom. The molecule has 51 heavy (non-hydrogen) atoms. The first kappa shape index (κ1) is 43.2. The number of nitrogens with zero attached hydrogens (tertiary/aromatic N) is 4. The van der Waals surface area contributed by atoms with Crippen LogP contribution in [0.2, 0.25) is 0 Å².